The number of rotatable bonds is 2. The number of aliphatic hydroxyl groups is 1. The van der Waals surface area contributed by atoms with Crippen LogP contribution in [-0.2, 0) is 20.3 Å². The van der Waals surface area contributed by atoms with Crippen LogP contribution in [0.25, 0.3) is 0 Å². The van der Waals surface area contributed by atoms with E-state index in [1.165, 1.54) is 13.8 Å². The van der Waals surface area contributed by atoms with Gasteiger partial charge in [-0.25, -0.2) is 18.5 Å². The van der Waals surface area contributed by atoms with E-state index in [9.17, 15) is 18.5 Å². The van der Waals surface area contributed by atoms with Gasteiger partial charge in [0.15, 0.2) is 19.9 Å². The van der Waals surface area contributed by atoms with E-state index in [2.05, 4.69) is 4.36 Å². The van der Waals surface area contributed by atoms with Crippen molar-refractivity contribution in [1.82, 2.24) is 0 Å². The molecule has 0 saturated carbocycles. The van der Waals surface area contributed by atoms with Gasteiger partial charge in [-0.2, -0.15) is 0 Å². The number of nitrogens with zero attached hydrogens (tertiary/aromatic N) is 1. The summed E-state index contributed by atoms with van der Waals surface area (Å²) in [5.74, 6) is -0.878. The third-order valence-electron chi connectivity index (χ3n) is 2.13. The third kappa shape index (κ3) is 5.03. The van der Waals surface area contributed by atoms with Gasteiger partial charge in [-0.3, -0.25) is 0 Å². The van der Waals surface area contributed by atoms with Crippen LogP contribution in [0.1, 0.15) is 39.5 Å². The number of ether oxygens (including phenoxy) is 1. The maximum Gasteiger partial charge on any atom is 0.443 e. The fourth-order valence-corrected chi connectivity index (χ4v) is 3.59. The van der Waals surface area contributed by atoms with Crippen molar-refractivity contribution in [3.63, 3.8) is 0 Å². The monoisotopic (exact) mass is 338 g/mol. The van der Waals surface area contributed by atoms with Crippen molar-refractivity contribution in [3.8, 4) is 0 Å². The Morgan fingerprint density at radius 1 is 1.43 bits per heavy atom. The van der Waals surface area contributed by atoms with Crippen LogP contribution in [0, 0.1) is 5.82 Å². The summed E-state index contributed by atoms with van der Waals surface area (Å²) in [6, 6.07) is 1.02. The van der Waals surface area contributed by atoms with Gasteiger partial charge in [0.25, 0.3) is 0 Å². The highest BCUT2D eigenvalue weighted by Gasteiger charge is 2.27. The predicted molar refractivity (Wildman–Crippen MR) is 78.8 cm³/mol. The van der Waals surface area contributed by atoms with E-state index in [0.29, 0.717) is 11.3 Å². The normalized spacial score (nSPS) is 15.4. The van der Waals surface area contributed by atoms with Crippen LogP contribution in [0.2, 0.25) is 0 Å². The van der Waals surface area contributed by atoms with Gasteiger partial charge in [0.05, 0.1) is 5.60 Å². The molecule has 0 aliphatic heterocycles. The first-order valence-electron chi connectivity index (χ1n) is 6.02. The number of halogens is 1. The van der Waals surface area contributed by atoms with Crippen molar-refractivity contribution in [3.05, 3.63) is 16.8 Å². The fraction of sp³-hybridized carbons (Fsp3) is 0.583. The summed E-state index contributed by atoms with van der Waals surface area (Å²) in [5, 5.41) is 15.3. The molecule has 1 heterocycles. The lowest BCUT2D eigenvalue weighted by Gasteiger charge is -2.17. The van der Waals surface area contributed by atoms with Crippen molar-refractivity contribution in [2.45, 2.75) is 50.0 Å². The van der Waals surface area contributed by atoms with Gasteiger partial charge >= 0.3 is 6.09 Å². The first-order valence-corrected chi connectivity index (χ1v) is 8.42. The second kappa shape index (κ2) is 5.64. The van der Waals surface area contributed by atoms with Gasteiger partial charge in [0.1, 0.15) is 5.60 Å². The average molecular weight is 338 g/mol. The molecule has 3 N–H and O–H groups in total. The van der Waals surface area contributed by atoms with E-state index >= 15 is 0 Å². The molecule has 0 aliphatic rings. The number of carbonyl (C=O) groups excluding carboxylic acids is 1. The number of thiophene rings is 1. The first kappa shape index (κ1) is 18.0. The summed E-state index contributed by atoms with van der Waals surface area (Å²) >= 11 is 0.706. The molecule has 1 aromatic heterocycles. The second-order valence-electron chi connectivity index (χ2n) is 5.95. The van der Waals surface area contributed by atoms with E-state index in [0.717, 1.165) is 6.07 Å². The fourth-order valence-electron chi connectivity index (χ4n) is 1.29. The SMILES string of the molecule is CC(C)(C)OC(=O)N=[S@](N)(=O)c1sc(C(C)(C)O)cc1F. The minimum absolute atomic E-state index is 0.229. The Kier molecular flexibility index (Phi) is 4.84. The van der Waals surface area contributed by atoms with Gasteiger partial charge in [-0.05, 0) is 40.7 Å². The van der Waals surface area contributed by atoms with Crippen molar-refractivity contribution in [2.75, 3.05) is 0 Å². The summed E-state index contributed by atoms with van der Waals surface area (Å²) in [4.78, 5) is 11.8. The maximum absolute atomic E-state index is 13.9. The molecular formula is C12H19FN2O4S2. The quantitative estimate of drug-likeness (QED) is 0.865. The Bertz CT molecular complexity index is 662. The Hall–Kier alpha value is -1.03. The first-order chi connectivity index (χ1) is 9.22. The summed E-state index contributed by atoms with van der Waals surface area (Å²) < 4.78 is 33.8. The third-order valence-corrected chi connectivity index (χ3v) is 5.46. The molecule has 0 spiro atoms. The zero-order valence-electron chi connectivity index (χ0n) is 12.5. The van der Waals surface area contributed by atoms with E-state index in [4.69, 9.17) is 9.88 Å². The van der Waals surface area contributed by atoms with Crippen LogP contribution in [0.5, 0.6) is 0 Å². The van der Waals surface area contributed by atoms with Gasteiger partial charge < -0.3 is 9.84 Å². The smallest absolute Gasteiger partial charge is 0.442 e. The lowest BCUT2D eigenvalue weighted by Crippen LogP contribution is -2.24. The number of carbonyl (C=O) groups is 1. The number of hydrogen-bond acceptors (Lipinski definition) is 5. The Morgan fingerprint density at radius 2 is 1.95 bits per heavy atom. The molecule has 120 valence electrons. The average Bonchev–Trinajstić information content (AvgIpc) is 2.55. The molecule has 0 radical (unpaired) electrons. The predicted octanol–water partition coefficient (Wildman–Crippen LogP) is 2.75. The van der Waals surface area contributed by atoms with Crippen molar-refractivity contribution in [1.29, 1.82) is 0 Å². The summed E-state index contributed by atoms with van der Waals surface area (Å²) in [5.41, 5.74) is -2.15. The molecule has 0 aromatic carbocycles. The Balaban J connectivity index is 3.23. The number of amides is 1. The standard InChI is InChI=1S/C12H19FN2O4S2/c1-11(2,3)19-10(16)15-21(14,18)9-7(13)6-8(20-9)12(4,5)17/h6,17H,1-5H3,(H2,14,15,16,18)/t21-/m0/s1. The molecule has 1 amide bonds. The van der Waals surface area contributed by atoms with E-state index in [-0.39, 0.29) is 4.88 Å². The van der Waals surface area contributed by atoms with Crippen LogP contribution in [0.15, 0.2) is 14.6 Å². The summed E-state index contributed by atoms with van der Waals surface area (Å²) in [7, 11) is -3.77. The van der Waals surface area contributed by atoms with Crippen LogP contribution in [0.3, 0.4) is 0 Å². The van der Waals surface area contributed by atoms with Gasteiger partial charge in [-0.15, -0.1) is 15.7 Å². The molecule has 0 saturated heterocycles. The molecule has 6 nitrogen and oxygen atoms in total. The lowest BCUT2D eigenvalue weighted by atomic mass is 10.1. The zero-order chi connectivity index (χ0) is 16.6. The minimum atomic E-state index is -3.77. The van der Waals surface area contributed by atoms with Gasteiger partial charge in [-0.1, -0.05) is 0 Å². The highest BCUT2D eigenvalue weighted by atomic mass is 32.2. The molecule has 1 atom stereocenters. The molecule has 0 unspecified atom stereocenters. The number of nitrogens with two attached hydrogens (primary N) is 1. The highest BCUT2D eigenvalue weighted by Crippen LogP contribution is 2.33. The van der Waals surface area contributed by atoms with Gasteiger partial charge in [0, 0.05) is 4.88 Å². The number of hydrogen-bond donors (Lipinski definition) is 2. The van der Waals surface area contributed by atoms with Crippen LogP contribution >= 0.6 is 11.3 Å². The lowest BCUT2D eigenvalue weighted by molar-refractivity contribution is 0.0607. The maximum atomic E-state index is 13.9. The topological polar surface area (TPSA) is 102 Å². The van der Waals surface area contributed by atoms with Crippen LogP contribution in [0.4, 0.5) is 9.18 Å². The second-order valence-corrected chi connectivity index (χ2v) is 8.98. The molecule has 1 rings (SSSR count). The highest BCUT2D eigenvalue weighted by molar-refractivity contribution is 7.93. The Labute approximate surface area is 127 Å². The van der Waals surface area contributed by atoms with E-state index in [1.807, 2.05) is 0 Å². The molecule has 1 aromatic rings. The Morgan fingerprint density at radius 3 is 2.33 bits per heavy atom. The van der Waals surface area contributed by atoms with E-state index < -0.39 is 37.2 Å². The van der Waals surface area contributed by atoms with Crippen LogP contribution < -0.4 is 5.14 Å². The van der Waals surface area contributed by atoms with Crippen LogP contribution in [-0.4, -0.2) is 21.0 Å². The van der Waals surface area contributed by atoms with Crippen molar-refractivity contribution < 1.29 is 23.2 Å². The van der Waals surface area contributed by atoms with E-state index in [1.54, 1.807) is 20.8 Å². The molecule has 21 heavy (non-hydrogen) atoms. The zero-order valence-corrected chi connectivity index (χ0v) is 14.1. The largest absolute Gasteiger partial charge is 0.443 e. The molecular weight excluding hydrogens is 319 g/mol. The van der Waals surface area contributed by atoms with Gasteiger partial charge in [0.2, 0.25) is 0 Å². The molecule has 9 heteroatoms. The van der Waals surface area contributed by atoms with Crippen molar-refractivity contribution >= 4 is 27.3 Å². The molecule has 0 aliphatic carbocycles. The summed E-state index contributed by atoms with van der Waals surface area (Å²) in [6.07, 6.45) is -1.13. The summed E-state index contributed by atoms with van der Waals surface area (Å²) in [6.45, 7) is 7.72. The minimum Gasteiger partial charge on any atom is -0.442 e. The van der Waals surface area contributed by atoms with Crippen molar-refractivity contribution in [2.24, 2.45) is 9.50 Å². The molecule has 0 bridgehead atoms. The molecule has 0 fully saturated rings.